The van der Waals surface area contributed by atoms with Crippen LogP contribution in [0, 0.1) is 5.41 Å². The van der Waals surface area contributed by atoms with Gasteiger partial charge in [-0.3, -0.25) is 4.79 Å². The van der Waals surface area contributed by atoms with Gasteiger partial charge in [-0.15, -0.1) is 0 Å². The first-order valence-corrected chi connectivity index (χ1v) is 15.0. The van der Waals surface area contributed by atoms with Gasteiger partial charge in [0.2, 0.25) is 0 Å². The number of furan rings is 1. The first-order valence-electron chi connectivity index (χ1n) is 13.1. The number of fused-ring (bicyclic) bond motifs is 1. The Hall–Kier alpha value is -3.14. The van der Waals surface area contributed by atoms with Crippen LogP contribution in [0.25, 0.3) is 11.0 Å². The molecule has 1 saturated carbocycles. The summed E-state index contributed by atoms with van der Waals surface area (Å²) in [6.45, 7) is 1.93. The monoisotopic (exact) mass is 543 g/mol. The number of halogens is 2. The van der Waals surface area contributed by atoms with Crippen LogP contribution < -0.4 is 15.1 Å². The van der Waals surface area contributed by atoms with Crippen LogP contribution in [0.5, 0.6) is 0 Å². The number of alkyl halides is 2. The van der Waals surface area contributed by atoms with Gasteiger partial charge >= 0.3 is 0 Å². The van der Waals surface area contributed by atoms with Gasteiger partial charge in [0.05, 0.1) is 28.1 Å². The number of nitrogens with zero attached hydrogens (tertiary/aromatic N) is 2. The minimum Gasteiger partial charge on any atom is -0.462 e. The Bertz CT molecular complexity index is 1490. The SMILES string of the molecule is CS(=O)(=O)c1ccc(C(=O)Nc2cc(N3CCC(F)(F)CC3)c3occc3c2)c(N2CCC3(CC2)CC3)c1. The molecular formula is C28H31F2N3O4S. The van der Waals surface area contributed by atoms with Crippen molar-refractivity contribution >= 4 is 43.8 Å². The Morgan fingerprint density at radius 3 is 2.21 bits per heavy atom. The smallest absolute Gasteiger partial charge is 0.257 e. The Labute approximate surface area is 220 Å². The zero-order chi connectivity index (χ0) is 26.7. The molecule has 7 nitrogen and oxygen atoms in total. The van der Waals surface area contributed by atoms with Crippen molar-refractivity contribution in [2.75, 3.05) is 47.6 Å². The van der Waals surface area contributed by atoms with Crippen LogP contribution in [-0.2, 0) is 9.84 Å². The zero-order valence-electron chi connectivity index (χ0n) is 21.3. The molecular weight excluding hydrogens is 512 g/mol. The zero-order valence-corrected chi connectivity index (χ0v) is 22.1. The lowest BCUT2D eigenvalue weighted by Crippen LogP contribution is -2.39. The number of hydrogen-bond acceptors (Lipinski definition) is 6. The molecule has 3 heterocycles. The summed E-state index contributed by atoms with van der Waals surface area (Å²) in [5.74, 6) is -3.03. The van der Waals surface area contributed by atoms with E-state index in [1.165, 1.54) is 25.2 Å². The van der Waals surface area contributed by atoms with Crippen molar-refractivity contribution < 1.29 is 26.4 Å². The molecule has 0 unspecified atom stereocenters. The summed E-state index contributed by atoms with van der Waals surface area (Å²) in [4.78, 5) is 17.8. The number of sulfone groups is 1. The summed E-state index contributed by atoms with van der Waals surface area (Å²) in [7, 11) is -3.45. The van der Waals surface area contributed by atoms with Crippen LogP contribution in [0.15, 0.2) is 52.0 Å². The van der Waals surface area contributed by atoms with E-state index in [1.807, 2.05) is 4.90 Å². The van der Waals surface area contributed by atoms with Crippen LogP contribution in [0.4, 0.5) is 25.8 Å². The normalized spacial score (nSPS) is 20.6. The molecule has 6 rings (SSSR count). The molecule has 3 fully saturated rings. The number of rotatable bonds is 5. The van der Waals surface area contributed by atoms with Gasteiger partial charge < -0.3 is 19.5 Å². The number of carbonyl (C=O) groups excluding carboxylic acids is 1. The van der Waals surface area contributed by atoms with Gasteiger partial charge in [-0.1, -0.05) is 0 Å². The van der Waals surface area contributed by atoms with Crippen molar-refractivity contribution in [3.05, 3.63) is 48.2 Å². The van der Waals surface area contributed by atoms with Crippen molar-refractivity contribution in [2.24, 2.45) is 5.41 Å². The molecule has 202 valence electrons. The summed E-state index contributed by atoms with van der Waals surface area (Å²) >= 11 is 0. The molecule has 3 aliphatic rings. The molecule has 1 amide bonds. The lowest BCUT2D eigenvalue weighted by Gasteiger charge is -2.35. The van der Waals surface area contributed by atoms with Crippen molar-refractivity contribution in [1.82, 2.24) is 0 Å². The average molecular weight is 544 g/mol. The molecule has 2 aliphatic heterocycles. The second-order valence-electron chi connectivity index (χ2n) is 11.1. The van der Waals surface area contributed by atoms with E-state index in [4.69, 9.17) is 4.42 Å². The minimum absolute atomic E-state index is 0.180. The Kier molecular flexibility index (Phi) is 5.93. The fraction of sp³-hybridized carbons (Fsp3) is 0.464. The predicted octanol–water partition coefficient (Wildman–Crippen LogP) is 5.70. The molecule has 1 aliphatic carbocycles. The Morgan fingerprint density at radius 2 is 1.55 bits per heavy atom. The first kappa shape index (κ1) is 25.2. The summed E-state index contributed by atoms with van der Waals surface area (Å²) in [5.41, 5.74) is 3.22. The molecule has 10 heteroatoms. The third-order valence-corrected chi connectivity index (χ3v) is 9.50. The van der Waals surface area contributed by atoms with Crippen LogP contribution in [-0.4, -0.2) is 52.7 Å². The third-order valence-electron chi connectivity index (χ3n) is 8.39. The number of amides is 1. The predicted molar refractivity (Wildman–Crippen MR) is 143 cm³/mol. The van der Waals surface area contributed by atoms with Crippen molar-refractivity contribution in [1.29, 1.82) is 0 Å². The van der Waals surface area contributed by atoms with Gasteiger partial charge in [-0.2, -0.15) is 0 Å². The molecule has 0 atom stereocenters. The van der Waals surface area contributed by atoms with Gasteiger partial charge in [-0.05, 0) is 67.5 Å². The molecule has 2 aromatic carbocycles. The molecule has 1 N–H and O–H groups in total. The maximum atomic E-state index is 13.8. The minimum atomic E-state index is -3.45. The highest BCUT2D eigenvalue weighted by atomic mass is 32.2. The van der Waals surface area contributed by atoms with E-state index in [2.05, 4.69) is 10.2 Å². The Balaban J connectivity index is 1.31. The van der Waals surface area contributed by atoms with Crippen LogP contribution in [0.3, 0.4) is 0 Å². The average Bonchev–Trinajstić information content (AvgIpc) is 3.45. The van der Waals surface area contributed by atoms with Gasteiger partial charge in [-0.25, -0.2) is 17.2 Å². The number of piperidine rings is 2. The van der Waals surface area contributed by atoms with Crippen molar-refractivity contribution in [3.8, 4) is 0 Å². The van der Waals surface area contributed by atoms with E-state index in [-0.39, 0.29) is 36.7 Å². The van der Waals surface area contributed by atoms with E-state index in [9.17, 15) is 22.0 Å². The van der Waals surface area contributed by atoms with Gasteiger partial charge in [0, 0.05) is 56.4 Å². The quantitative estimate of drug-likeness (QED) is 0.444. The number of anilines is 3. The summed E-state index contributed by atoms with van der Waals surface area (Å²) in [6.07, 6.45) is 6.79. The van der Waals surface area contributed by atoms with E-state index in [1.54, 1.807) is 36.6 Å². The molecule has 1 aromatic heterocycles. The van der Waals surface area contributed by atoms with Gasteiger partial charge in [0.25, 0.3) is 11.8 Å². The molecule has 0 bridgehead atoms. The highest BCUT2D eigenvalue weighted by Crippen LogP contribution is 2.54. The van der Waals surface area contributed by atoms with Crippen LogP contribution >= 0.6 is 0 Å². The van der Waals surface area contributed by atoms with Crippen LogP contribution in [0.1, 0.15) is 48.9 Å². The highest BCUT2D eigenvalue weighted by molar-refractivity contribution is 7.90. The third kappa shape index (κ3) is 4.86. The second-order valence-corrected chi connectivity index (χ2v) is 13.1. The molecule has 38 heavy (non-hydrogen) atoms. The van der Waals surface area contributed by atoms with Crippen LogP contribution in [0.2, 0.25) is 0 Å². The van der Waals surface area contributed by atoms with Crippen molar-refractivity contribution in [3.63, 3.8) is 0 Å². The number of nitrogens with one attached hydrogen (secondary N) is 1. The maximum absolute atomic E-state index is 13.8. The number of carbonyl (C=O) groups is 1. The van der Waals surface area contributed by atoms with E-state index >= 15 is 0 Å². The fourth-order valence-electron chi connectivity index (χ4n) is 5.74. The van der Waals surface area contributed by atoms with Gasteiger partial charge in [0.15, 0.2) is 15.4 Å². The second kappa shape index (κ2) is 8.97. The lowest BCUT2D eigenvalue weighted by atomic mass is 9.93. The van der Waals surface area contributed by atoms with E-state index in [0.29, 0.717) is 33.6 Å². The van der Waals surface area contributed by atoms with E-state index in [0.717, 1.165) is 31.3 Å². The molecule has 2 saturated heterocycles. The van der Waals surface area contributed by atoms with E-state index < -0.39 is 15.8 Å². The summed E-state index contributed by atoms with van der Waals surface area (Å²) in [6, 6.07) is 9.98. The largest absolute Gasteiger partial charge is 0.462 e. The molecule has 0 radical (unpaired) electrons. The molecule has 1 spiro atoms. The summed E-state index contributed by atoms with van der Waals surface area (Å²) < 4.78 is 57.8. The lowest BCUT2D eigenvalue weighted by molar-refractivity contribution is -0.0220. The fourth-order valence-corrected chi connectivity index (χ4v) is 6.38. The first-order chi connectivity index (χ1) is 18.0. The number of hydrogen-bond donors (Lipinski definition) is 1. The summed E-state index contributed by atoms with van der Waals surface area (Å²) in [5, 5.41) is 3.73. The van der Waals surface area contributed by atoms with Crippen molar-refractivity contribution in [2.45, 2.75) is 49.3 Å². The topological polar surface area (TPSA) is 82.9 Å². The van der Waals surface area contributed by atoms with Gasteiger partial charge in [0.1, 0.15) is 0 Å². The Morgan fingerprint density at radius 1 is 0.895 bits per heavy atom. The maximum Gasteiger partial charge on any atom is 0.257 e. The standard InChI is InChI=1S/C28H31F2N3O4S/c1-38(35,36)21-2-3-22(23(18-21)32-11-7-27(5-6-27)8-12-32)26(34)31-20-16-19-4-15-37-25(19)24(17-20)33-13-9-28(29,30)10-14-33/h2-4,15-18H,5-14H2,1H3,(H,31,34). The molecule has 3 aromatic rings. The highest BCUT2D eigenvalue weighted by Gasteiger charge is 2.44. The number of benzene rings is 2.